The van der Waals surface area contributed by atoms with Gasteiger partial charge in [0.2, 0.25) is 0 Å². The third-order valence-electron chi connectivity index (χ3n) is 5.81. The lowest BCUT2D eigenvalue weighted by Crippen LogP contribution is -2.23. The van der Waals surface area contributed by atoms with Crippen LogP contribution in [0.25, 0.3) is 0 Å². The van der Waals surface area contributed by atoms with E-state index in [-0.39, 0.29) is 18.5 Å². The number of carbonyl (C=O) groups is 2. The van der Waals surface area contributed by atoms with Crippen molar-refractivity contribution in [3.63, 3.8) is 0 Å². The summed E-state index contributed by atoms with van der Waals surface area (Å²) >= 11 is 0. The van der Waals surface area contributed by atoms with E-state index in [4.69, 9.17) is 9.47 Å². The highest BCUT2D eigenvalue weighted by Gasteiger charge is 2.40. The minimum Gasteiger partial charge on any atom is -0.456 e. The van der Waals surface area contributed by atoms with Gasteiger partial charge in [0.25, 0.3) is 5.91 Å². The molecule has 0 saturated heterocycles. The van der Waals surface area contributed by atoms with E-state index >= 15 is 0 Å². The van der Waals surface area contributed by atoms with E-state index in [1.807, 2.05) is 42.5 Å². The molecule has 2 fully saturated rings. The van der Waals surface area contributed by atoms with E-state index in [2.05, 4.69) is 5.32 Å². The zero-order valence-electron chi connectivity index (χ0n) is 15.8. The van der Waals surface area contributed by atoms with Crippen LogP contribution in [0.1, 0.15) is 32.1 Å². The van der Waals surface area contributed by atoms with E-state index in [1.165, 1.54) is 19.3 Å². The van der Waals surface area contributed by atoms with Crippen molar-refractivity contribution in [1.82, 2.24) is 0 Å². The third-order valence-corrected chi connectivity index (χ3v) is 5.81. The molecule has 5 nitrogen and oxygen atoms in total. The largest absolute Gasteiger partial charge is 0.456 e. The topological polar surface area (TPSA) is 64.6 Å². The van der Waals surface area contributed by atoms with Crippen LogP contribution in [0.4, 0.5) is 5.69 Å². The lowest BCUT2D eigenvalue weighted by atomic mass is 9.86. The van der Waals surface area contributed by atoms with Crippen molar-refractivity contribution in [3.8, 4) is 11.5 Å². The van der Waals surface area contributed by atoms with Crippen molar-refractivity contribution >= 4 is 17.6 Å². The number of fused-ring (bicyclic) bond motifs is 2. The molecule has 2 saturated carbocycles. The van der Waals surface area contributed by atoms with Crippen molar-refractivity contribution in [2.45, 2.75) is 32.1 Å². The van der Waals surface area contributed by atoms with Gasteiger partial charge < -0.3 is 14.8 Å². The standard InChI is InChI=1S/C23H25NO4/c25-22(15-27-23(26)14-18-13-16-10-11-17(18)12-16)24-20-8-4-5-9-21(20)28-19-6-2-1-3-7-19/h1-9,16-18H,10-15H2,(H,24,25)/t16-,17-,18+/m0/s1. The summed E-state index contributed by atoms with van der Waals surface area (Å²) in [7, 11) is 0. The molecule has 2 aliphatic carbocycles. The summed E-state index contributed by atoms with van der Waals surface area (Å²) in [4.78, 5) is 24.4. The molecule has 2 aromatic rings. The van der Waals surface area contributed by atoms with Gasteiger partial charge in [0.05, 0.1) is 5.69 Å². The Bertz CT molecular complexity index is 836. The van der Waals surface area contributed by atoms with Crippen LogP contribution in [0.2, 0.25) is 0 Å². The summed E-state index contributed by atoms with van der Waals surface area (Å²) < 4.78 is 11.0. The Hall–Kier alpha value is -2.82. The molecular formula is C23H25NO4. The van der Waals surface area contributed by atoms with Crippen LogP contribution in [0.3, 0.4) is 0 Å². The fourth-order valence-corrected chi connectivity index (χ4v) is 4.51. The van der Waals surface area contributed by atoms with E-state index in [9.17, 15) is 9.59 Å². The first-order valence-electron chi connectivity index (χ1n) is 9.95. The average molecular weight is 379 g/mol. The Morgan fingerprint density at radius 2 is 1.75 bits per heavy atom. The van der Waals surface area contributed by atoms with E-state index < -0.39 is 0 Å². The SMILES string of the molecule is O=C(COC(=O)C[C@H]1C[C@H]2CC[C@H]1C2)Nc1ccccc1Oc1ccccc1. The minimum absolute atomic E-state index is 0.276. The maximum atomic E-state index is 12.2. The van der Waals surface area contributed by atoms with Gasteiger partial charge in [0.15, 0.2) is 12.4 Å². The number of hydrogen-bond donors (Lipinski definition) is 1. The summed E-state index contributed by atoms with van der Waals surface area (Å²) in [5.74, 6) is 2.48. The van der Waals surface area contributed by atoms with Crippen LogP contribution in [0, 0.1) is 17.8 Å². The van der Waals surface area contributed by atoms with Crippen LogP contribution in [-0.2, 0) is 14.3 Å². The van der Waals surface area contributed by atoms with Crippen molar-refractivity contribution < 1.29 is 19.1 Å². The van der Waals surface area contributed by atoms with Crippen LogP contribution >= 0.6 is 0 Å². The Balaban J connectivity index is 1.27. The van der Waals surface area contributed by atoms with Gasteiger partial charge in [-0.25, -0.2) is 0 Å². The van der Waals surface area contributed by atoms with Gasteiger partial charge in [0, 0.05) is 6.42 Å². The number of carbonyl (C=O) groups excluding carboxylic acids is 2. The highest BCUT2D eigenvalue weighted by Crippen LogP contribution is 2.49. The summed E-state index contributed by atoms with van der Waals surface area (Å²) in [5.41, 5.74) is 0.542. The first kappa shape index (κ1) is 18.5. The molecule has 0 spiro atoms. The maximum absolute atomic E-state index is 12.2. The number of esters is 1. The van der Waals surface area contributed by atoms with Gasteiger partial charge in [-0.15, -0.1) is 0 Å². The molecule has 2 bridgehead atoms. The average Bonchev–Trinajstić information content (AvgIpc) is 3.32. The molecule has 0 radical (unpaired) electrons. The number of anilines is 1. The lowest BCUT2D eigenvalue weighted by Gasteiger charge is -2.20. The number of amides is 1. The summed E-state index contributed by atoms with van der Waals surface area (Å²) in [6, 6.07) is 16.5. The van der Waals surface area contributed by atoms with E-state index in [0.29, 0.717) is 35.4 Å². The number of ether oxygens (including phenoxy) is 2. The van der Waals surface area contributed by atoms with Gasteiger partial charge in [-0.1, -0.05) is 36.8 Å². The fourth-order valence-electron chi connectivity index (χ4n) is 4.51. The molecule has 0 aromatic heterocycles. The number of para-hydroxylation sites is 3. The zero-order valence-corrected chi connectivity index (χ0v) is 15.8. The van der Waals surface area contributed by atoms with Crippen molar-refractivity contribution in [2.24, 2.45) is 17.8 Å². The third kappa shape index (κ3) is 4.53. The van der Waals surface area contributed by atoms with Gasteiger partial charge >= 0.3 is 5.97 Å². The molecule has 2 aliphatic rings. The second-order valence-electron chi connectivity index (χ2n) is 7.76. The molecule has 1 N–H and O–H groups in total. The lowest BCUT2D eigenvalue weighted by molar-refractivity contribution is -0.148. The van der Waals surface area contributed by atoms with Crippen LogP contribution in [0.5, 0.6) is 11.5 Å². The Labute approximate surface area is 165 Å². The highest BCUT2D eigenvalue weighted by molar-refractivity contribution is 5.94. The molecule has 3 atom stereocenters. The first-order chi connectivity index (χ1) is 13.7. The molecule has 146 valence electrons. The fraction of sp³-hybridized carbons (Fsp3) is 0.391. The number of rotatable bonds is 7. The van der Waals surface area contributed by atoms with Crippen molar-refractivity contribution in [3.05, 3.63) is 54.6 Å². The molecule has 4 rings (SSSR count). The molecule has 0 unspecified atom stereocenters. The number of benzene rings is 2. The predicted octanol–water partition coefficient (Wildman–Crippen LogP) is 4.79. The van der Waals surface area contributed by atoms with Crippen LogP contribution in [-0.4, -0.2) is 18.5 Å². The monoisotopic (exact) mass is 379 g/mol. The molecule has 5 heteroatoms. The number of hydrogen-bond acceptors (Lipinski definition) is 4. The summed E-state index contributed by atoms with van der Waals surface area (Å²) in [5, 5.41) is 2.77. The highest BCUT2D eigenvalue weighted by atomic mass is 16.5. The Morgan fingerprint density at radius 1 is 0.964 bits per heavy atom. The van der Waals surface area contributed by atoms with Crippen molar-refractivity contribution in [1.29, 1.82) is 0 Å². The minimum atomic E-state index is -0.370. The Kier molecular flexibility index (Phi) is 5.60. The van der Waals surface area contributed by atoms with Crippen LogP contribution < -0.4 is 10.1 Å². The molecule has 1 amide bonds. The van der Waals surface area contributed by atoms with Gasteiger partial charge in [-0.3, -0.25) is 9.59 Å². The molecule has 2 aromatic carbocycles. The molecular weight excluding hydrogens is 354 g/mol. The van der Waals surface area contributed by atoms with E-state index in [1.54, 1.807) is 12.1 Å². The summed E-state index contributed by atoms with van der Waals surface area (Å²) in [6.07, 6.45) is 5.37. The molecule has 0 aliphatic heterocycles. The molecule has 28 heavy (non-hydrogen) atoms. The van der Waals surface area contributed by atoms with Crippen LogP contribution in [0.15, 0.2) is 54.6 Å². The smallest absolute Gasteiger partial charge is 0.306 e. The van der Waals surface area contributed by atoms with Gasteiger partial charge in [0.1, 0.15) is 5.75 Å². The predicted molar refractivity (Wildman–Crippen MR) is 106 cm³/mol. The van der Waals surface area contributed by atoms with E-state index in [0.717, 1.165) is 12.3 Å². The van der Waals surface area contributed by atoms with Gasteiger partial charge in [-0.05, 0) is 61.3 Å². The normalized spacial score (nSPS) is 22.6. The second-order valence-corrected chi connectivity index (χ2v) is 7.76. The van der Waals surface area contributed by atoms with Gasteiger partial charge in [-0.2, -0.15) is 0 Å². The molecule has 0 heterocycles. The maximum Gasteiger partial charge on any atom is 0.306 e. The number of nitrogens with one attached hydrogen (secondary N) is 1. The quantitative estimate of drug-likeness (QED) is 0.703. The summed E-state index contributed by atoms with van der Waals surface area (Å²) in [6.45, 7) is -0.278. The Morgan fingerprint density at radius 3 is 2.50 bits per heavy atom. The van der Waals surface area contributed by atoms with Crippen molar-refractivity contribution in [2.75, 3.05) is 11.9 Å². The first-order valence-corrected chi connectivity index (χ1v) is 9.95. The zero-order chi connectivity index (χ0) is 19.3. The second kappa shape index (κ2) is 8.46.